The highest BCUT2D eigenvalue weighted by molar-refractivity contribution is 6.30. The van der Waals surface area contributed by atoms with Crippen LogP contribution < -0.4 is 4.74 Å². The highest BCUT2D eigenvalue weighted by Crippen LogP contribution is 2.25. The van der Waals surface area contributed by atoms with E-state index in [1.54, 1.807) is 22.8 Å². The van der Waals surface area contributed by atoms with Gasteiger partial charge in [-0.05, 0) is 24.3 Å². The van der Waals surface area contributed by atoms with Crippen LogP contribution >= 0.6 is 23.2 Å². The number of nitrogens with zero attached hydrogens (tertiary/aromatic N) is 3. The maximum absolute atomic E-state index is 13.7. The van der Waals surface area contributed by atoms with Crippen molar-refractivity contribution in [3.8, 4) is 11.6 Å². The Bertz CT molecular complexity index is 819. The van der Waals surface area contributed by atoms with Gasteiger partial charge < -0.3 is 4.74 Å². The molecule has 0 spiro atoms. The topological polar surface area (TPSA) is 39.9 Å². The van der Waals surface area contributed by atoms with E-state index in [0.717, 1.165) is 0 Å². The molecule has 0 aliphatic carbocycles. The van der Waals surface area contributed by atoms with Gasteiger partial charge in [0.05, 0.1) is 23.7 Å². The number of hydrogen-bond acceptors (Lipinski definition) is 3. The van der Waals surface area contributed by atoms with Crippen LogP contribution in [-0.4, -0.2) is 21.6 Å². The zero-order chi connectivity index (χ0) is 15.0. The van der Waals surface area contributed by atoms with E-state index in [-0.39, 0.29) is 10.9 Å². The van der Waals surface area contributed by atoms with Crippen LogP contribution in [-0.2, 0) is 5.88 Å². The summed E-state index contributed by atoms with van der Waals surface area (Å²) in [6.45, 7) is 0. The third-order valence-corrected chi connectivity index (χ3v) is 3.58. The maximum Gasteiger partial charge on any atom is 0.215 e. The first-order chi connectivity index (χ1) is 10.1. The number of imidazole rings is 1. The standard InChI is InChI=1S/C14H10Cl2FN3O/c1-21-13-5-4-11-14(19-13)20(12(7-15)18-11)8-2-3-9(16)10(17)6-8/h2-6H,7H2,1H3. The molecule has 2 aromatic heterocycles. The fraction of sp³-hybridized carbons (Fsp3) is 0.143. The first-order valence-electron chi connectivity index (χ1n) is 6.08. The Balaban J connectivity index is 2.30. The second-order valence-corrected chi connectivity index (χ2v) is 4.97. The number of methoxy groups -OCH3 is 1. The van der Waals surface area contributed by atoms with E-state index in [1.807, 2.05) is 0 Å². The average molecular weight is 326 g/mol. The first-order valence-corrected chi connectivity index (χ1v) is 6.99. The van der Waals surface area contributed by atoms with Crippen molar-refractivity contribution in [1.82, 2.24) is 14.5 Å². The smallest absolute Gasteiger partial charge is 0.215 e. The normalized spacial score (nSPS) is 11.0. The molecular weight excluding hydrogens is 316 g/mol. The zero-order valence-corrected chi connectivity index (χ0v) is 12.5. The molecule has 0 radical (unpaired) electrons. The molecule has 0 saturated carbocycles. The predicted molar refractivity (Wildman–Crippen MR) is 79.9 cm³/mol. The molecule has 1 aromatic carbocycles. The second kappa shape index (κ2) is 5.50. The minimum atomic E-state index is -0.514. The predicted octanol–water partition coefficient (Wildman–Crippen LogP) is 3.96. The summed E-state index contributed by atoms with van der Waals surface area (Å²) in [5.74, 6) is 0.663. The lowest BCUT2D eigenvalue weighted by atomic mass is 10.3. The van der Waals surface area contributed by atoms with E-state index in [2.05, 4.69) is 9.97 Å². The molecule has 3 rings (SSSR count). The minimum absolute atomic E-state index is 0.0566. The number of aromatic nitrogens is 3. The Morgan fingerprint density at radius 3 is 2.71 bits per heavy atom. The van der Waals surface area contributed by atoms with Crippen molar-refractivity contribution in [2.45, 2.75) is 5.88 Å². The molecule has 108 valence electrons. The molecule has 0 aliphatic heterocycles. The lowest BCUT2D eigenvalue weighted by molar-refractivity contribution is 0.399. The molecule has 7 heteroatoms. The monoisotopic (exact) mass is 325 g/mol. The lowest BCUT2D eigenvalue weighted by Gasteiger charge is -2.08. The van der Waals surface area contributed by atoms with Crippen LogP contribution in [0.25, 0.3) is 16.9 Å². The van der Waals surface area contributed by atoms with Crippen molar-refractivity contribution in [3.05, 3.63) is 47.0 Å². The van der Waals surface area contributed by atoms with Crippen molar-refractivity contribution in [2.24, 2.45) is 0 Å². The lowest BCUT2D eigenvalue weighted by Crippen LogP contribution is -2.01. The van der Waals surface area contributed by atoms with Crippen molar-refractivity contribution in [3.63, 3.8) is 0 Å². The van der Waals surface area contributed by atoms with Gasteiger partial charge in [-0.3, -0.25) is 4.57 Å². The number of rotatable bonds is 3. The molecule has 3 aromatic rings. The third kappa shape index (κ3) is 2.43. The number of alkyl halides is 1. The molecule has 0 N–H and O–H groups in total. The molecule has 0 atom stereocenters. The molecule has 0 saturated heterocycles. The van der Waals surface area contributed by atoms with Crippen molar-refractivity contribution >= 4 is 34.4 Å². The summed E-state index contributed by atoms with van der Waals surface area (Å²) in [4.78, 5) is 8.75. The van der Waals surface area contributed by atoms with Crippen molar-refractivity contribution in [2.75, 3.05) is 7.11 Å². The van der Waals surface area contributed by atoms with Gasteiger partial charge >= 0.3 is 0 Å². The highest BCUT2D eigenvalue weighted by Gasteiger charge is 2.15. The summed E-state index contributed by atoms with van der Waals surface area (Å²) in [7, 11) is 1.53. The van der Waals surface area contributed by atoms with E-state index >= 15 is 0 Å². The first kappa shape index (κ1) is 14.1. The van der Waals surface area contributed by atoms with Gasteiger partial charge in [-0.15, -0.1) is 11.6 Å². The summed E-state index contributed by atoms with van der Waals surface area (Å²) >= 11 is 11.7. The Kier molecular flexibility index (Phi) is 3.69. The summed E-state index contributed by atoms with van der Waals surface area (Å²) in [5.41, 5.74) is 1.75. The summed E-state index contributed by atoms with van der Waals surface area (Å²) in [5, 5.41) is 0.0566. The van der Waals surface area contributed by atoms with Crippen molar-refractivity contribution in [1.29, 1.82) is 0 Å². The summed E-state index contributed by atoms with van der Waals surface area (Å²) in [6.07, 6.45) is 0. The zero-order valence-electron chi connectivity index (χ0n) is 11.0. The fourth-order valence-corrected chi connectivity index (χ4v) is 2.38. The van der Waals surface area contributed by atoms with Crippen LogP contribution in [0.15, 0.2) is 30.3 Å². The molecule has 4 nitrogen and oxygen atoms in total. The van der Waals surface area contributed by atoms with Gasteiger partial charge in [0.25, 0.3) is 0 Å². The van der Waals surface area contributed by atoms with E-state index in [4.69, 9.17) is 27.9 Å². The Morgan fingerprint density at radius 1 is 1.24 bits per heavy atom. The average Bonchev–Trinajstić information content (AvgIpc) is 2.87. The number of hydrogen-bond donors (Lipinski definition) is 0. The number of benzene rings is 1. The molecule has 0 amide bonds. The summed E-state index contributed by atoms with van der Waals surface area (Å²) in [6, 6.07) is 7.97. The van der Waals surface area contributed by atoms with Crippen LogP contribution in [0.3, 0.4) is 0 Å². The van der Waals surface area contributed by atoms with E-state index < -0.39 is 5.82 Å². The van der Waals surface area contributed by atoms with Crippen LogP contribution in [0.4, 0.5) is 4.39 Å². The SMILES string of the molecule is COc1ccc2nc(CCl)n(-c3ccc(Cl)c(F)c3)c2n1. The molecular formula is C14H10Cl2FN3O. The number of ether oxygens (including phenoxy) is 1. The van der Waals surface area contributed by atoms with Gasteiger partial charge in [0, 0.05) is 6.07 Å². The van der Waals surface area contributed by atoms with Crippen LogP contribution in [0.1, 0.15) is 5.82 Å². The molecule has 0 unspecified atom stereocenters. The highest BCUT2D eigenvalue weighted by atomic mass is 35.5. The second-order valence-electron chi connectivity index (χ2n) is 4.29. The Morgan fingerprint density at radius 2 is 2.05 bits per heavy atom. The number of fused-ring (bicyclic) bond motifs is 1. The van der Waals surface area contributed by atoms with Gasteiger partial charge in [-0.2, -0.15) is 4.98 Å². The summed E-state index contributed by atoms with van der Waals surface area (Å²) < 4.78 is 20.5. The Labute approximate surface area is 130 Å². The third-order valence-electron chi connectivity index (χ3n) is 3.04. The van der Waals surface area contributed by atoms with E-state index in [1.165, 1.54) is 19.2 Å². The molecule has 21 heavy (non-hydrogen) atoms. The minimum Gasteiger partial charge on any atom is -0.481 e. The maximum atomic E-state index is 13.7. The van der Waals surface area contributed by atoms with E-state index in [0.29, 0.717) is 28.6 Å². The fourth-order valence-electron chi connectivity index (χ4n) is 2.09. The molecule has 0 fully saturated rings. The Hall–Kier alpha value is -1.85. The largest absolute Gasteiger partial charge is 0.481 e. The van der Waals surface area contributed by atoms with Crippen molar-refractivity contribution < 1.29 is 9.13 Å². The van der Waals surface area contributed by atoms with Gasteiger partial charge in [-0.1, -0.05) is 11.6 Å². The molecule has 0 aliphatic rings. The quantitative estimate of drug-likeness (QED) is 0.684. The van der Waals surface area contributed by atoms with Crippen LogP contribution in [0, 0.1) is 5.82 Å². The molecule has 2 heterocycles. The van der Waals surface area contributed by atoms with Gasteiger partial charge in [0.2, 0.25) is 5.88 Å². The van der Waals surface area contributed by atoms with Gasteiger partial charge in [-0.25, -0.2) is 9.37 Å². The van der Waals surface area contributed by atoms with Crippen LogP contribution in [0.5, 0.6) is 5.88 Å². The molecule has 0 bridgehead atoms. The van der Waals surface area contributed by atoms with E-state index in [9.17, 15) is 4.39 Å². The van der Waals surface area contributed by atoms with Gasteiger partial charge in [0.15, 0.2) is 5.65 Å². The number of pyridine rings is 1. The number of halogens is 3. The van der Waals surface area contributed by atoms with Gasteiger partial charge in [0.1, 0.15) is 17.2 Å². The van der Waals surface area contributed by atoms with Crippen LogP contribution in [0.2, 0.25) is 5.02 Å².